The molecule has 1 aliphatic heterocycles. The molecule has 1 heterocycles. The molecule has 2 aromatic rings. The number of halogens is 1. The van der Waals surface area contributed by atoms with Gasteiger partial charge in [-0.2, -0.15) is 0 Å². The predicted molar refractivity (Wildman–Crippen MR) is 124 cm³/mol. The highest BCUT2D eigenvalue weighted by Gasteiger charge is 2.52. The summed E-state index contributed by atoms with van der Waals surface area (Å²) in [6, 6.07) is 8.91. The van der Waals surface area contributed by atoms with Gasteiger partial charge in [0, 0.05) is 5.69 Å². The molecule has 32 heavy (non-hydrogen) atoms. The molecule has 1 N–H and O–H groups in total. The highest BCUT2D eigenvalue weighted by atomic mass is 35.5. The maximum Gasteiger partial charge on any atom is 0.411 e. The van der Waals surface area contributed by atoms with E-state index in [1.807, 2.05) is 0 Å². The Balaban J connectivity index is 1.99. The lowest BCUT2D eigenvalue weighted by atomic mass is 10.0. The maximum atomic E-state index is 13.4. The maximum absolute atomic E-state index is 13.4. The molecular weight excluding hydrogens is 432 g/mol. The Bertz CT molecular complexity index is 1150. The second kappa shape index (κ2) is 8.52. The zero-order chi connectivity index (χ0) is 23.8. The third-order valence-electron chi connectivity index (χ3n) is 5.01. The normalized spacial score (nSPS) is 15.2. The van der Waals surface area contributed by atoms with Crippen molar-refractivity contribution in [3.8, 4) is 0 Å². The van der Waals surface area contributed by atoms with Gasteiger partial charge in [-0.15, -0.1) is 0 Å². The standard InChI is InChI=1S/C23H23ClN4O4/c1-13(2)32-21(30)26-19-12-16(7-9-17(19)24)28-22(31)27(20(29)23(28,4)5)15-8-10-18(25-6)14(3)11-15/h7-13H,1-5H3,(H,26,30). The molecule has 1 aliphatic rings. The molecule has 0 saturated carbocycles. The van der Waals surface area contributed by atoms with Crippen molar-refractivity contribution in [2.45, 2.75) is 46.3 Å². The highest BCUT2D eigenvalue weighted by Crippen LogP contribution is 2.39. The van der Waals surface area contributed by atoms with Crippen LogP contribution in [0.15, 0.2) is 36.4 Å². The van der Waals surface area contributed by atoms with E-state index < -0.39 is 23.6 Å². The number of carbonyl (C=O) groups excluding carboxylic acids is 3. The number of aryl methyl sites for hydroxylation is 1. The molecule has 0 spiro atoms. The van der Waals surface area contributed by atoms with E-state index in [0.29, 0.717) is 22.6 Å². The SMILES string of the molecule is [C-]#[N+]c1ccc(N2C(=O)N(c3ccc(Cl)c(NC(=O)OC(C)C)c3)C(C)(C)C2=O)cc1C. The molecule has 9 heteroatoms. The van der Waals surface area contributed by atoms with Gasteiger partial charge in [-0.25, -0.2) is 19.3 Å². The summed E-state index contributed by atoms with van der Waals surface area (Å²) in [7, 11) is 0. The first-order valence-electron chi connectivity index (χ1n) is 9.91. The lowest BCUT2D eigenvalue weighted by Gasteiger charge is -2.28. The van der Waals surface area contributed by atoms with Crippen molar-refractivity contribution in [3.63, 3.8) is 0 Å². The summed E-state index contributed by atoms with van der Waals surface area (Å²) in [5.41, 5.74) is 0.929. The average Bonchev–Trinajstić information content (AvgIpc) is 2.87. The van der Waals surface area contributed by atoms with Crippen molar-refractivity contribution in [3.05, 3.63) is 58.4 Å². The zero-order valence-electron chi connectivity index (χ0n) is 18.4. The number of amides is 4. The van der Waals surface area contributed by atoms with Gasteiger partial charge in [0.05, 0.1) is 29.1 Å². The molecule has 1 saturated heterocycles. The van der Waals surface area contributed by atoms with Gasteiger partial charge in [0.25, 0.3) is 5.91 Å². The quantitative estimate of drug-likeness (QED) is 0.460. The number of hydrogen-bond acceptors (Lipinski definition) is 4. The molecule has 3 rings (SSSR count). The van der Waals surface area contributed by atoms with E-state index in [0.717, 1.165) is 4.90 Å². The number of carbonyl (C=O) groups is 3. The van der Waals surface area contributed by atoms with Gasteiger partial charge in [0.1, 0.15) is 5.54 Å². The summed E-state index contributed by atoms with van der Waals surface area (Å²) in [6.45, 7) is 15.7. The minimum atomic E-state index is -1.20. The van der Waals surface area contributed by atoms with Gasteiger partial charge in [0.15, 0.2) is 5.69 Å². The van der Waals surface area contributed by atoms with Crippen LogP contribution in [0.2, 0.25) is 5.02 Å². The van der Waals surface area contributed by atoms with Crippen LogP contribution in [0.1, 0.15) is 33.3 Å². The first-order chi connectivity index (χ1) is 15.0. The van der Waals surface area contributed by atoms with Crippen LogP contribution in [0, 0.1) is 13.5 Å². The number of benzene rings is 2. The van der Waals surface area contributed by atoms with Crippen LogP contribution in [0.3, 0.4) is 0 Å². The average molecular weight is 455 g/mol. The smallest absolute Gasteiger partial charge is 0.411 e. The molecule has 0 aromatic heterocycles. The van der Waals surface area contributed by atoms with Crippen molar-refractivity contribution in [1.29, 1.82) is 0 Å². The van der Waals surface area contributed by atoms with E-state index in [4.69, 9.17) is 22.9 Å². The van der Waals surface area contributed by atoms with Gasteiger partial charge in [0.2, 0.25) is 0 Å². The van der Waals surface area contributed by atoms with Gasteiger partial charge in [-0.3, -0.25) is 15.0 Å². The van der Waals surface area contributed by atoms with E-state index in [-0.39, 0.29) is 16.8 Å². The second-order valence-electron chi connectivity index (χ2n) is 8.14. The van der Waals surface area contributed by atoms with Crippen LogP contribution in [0.25, 0.3) is 4.85 Å². The van der Waals surface area contributed by atoms with E-state index in [9.17, 15) is 14.4 Å². The topological polar surface area (TPSA) is 83.3 Å². The molecule has 8 nitrogen and oxygen atoms in total. The van der Waals surface area contributed by atoms with Gasteiger partial charge in [-0.1, -0.05) is 17.7 Å². The van der Waals surface area contributed by atoms with E-state index in [2.05, 4.69) is 10.2 Å². The van der Waals surface area contributed by atoms with Crippen molar-refractivity contribution in [2.24, 2.45) is 0 Å². The lowest BCUT2D eigenvalue weighted by Crippen LogP contribution is -2.44. The Labute approximate surface area is 191 Å². The number of nitrogens with one attached hydrogen (secondary N) is 1. The molecule has 0 unspecified atom stereocenters. The Morgan fingerprint density at radius 3 is 2.41 bits per heavy atom. The number of imide groups is 1. The van der Waals surface area contributed by atoms with E-state index >= 15 is 0 Å². The summed E-state index contributed by atoms with van der Waals surface area (Å²) in [5, 5.41) is 2.82. The van der Waals surface area contributed by atoms with Crippen LogP contribution in [-0.4, -0.2) is 29.7 Å². The van der Waals surface area contributed by atoms with Crippen LogP contribution in [0.4, 0.5) is 32.3 Å². The molecule has 2 aromatic carbocycles. The van der Waals surface area contributed by atoms with Crippen molar-refractivity contribution in [1.82, 2.24) is 0 Å². The highest BCUT2D eigenvalue weighted by molar-refractivity contribution is 6.34. The number of ether oxygens (including phenoxy) is 1. The Hall–Kier alpha value is -3.57. The summed E-state index contributed by atoms with van der Waals surface area (Å²) < 4.78 is 5.09. The Kier molecular flexibility index (Phi) is 6.15. The molecule has 0 aliphatic carbocycles. The fraction of sp³-hybridized carbons (Fsp3) is 0.304. The van der Waals surface area contributed by atoms with E-state index in [1.165, 1.54) is 17.0 Å². The number of urea groups is 1. The van der Waals surface area contributed by atoms with Crippen LogP contribution < -0.4 is 15.1 Å². The molecule has 0 bridgehead atoms. The van der Waals surface area contributed by atoms with Crippen LogP contribution in [0.5, 0.6) is 0 Å². The fourth-order valence-corrected chi connectivity index (χ4v) is 3.63. The monoisotopic (exact) mass is 454 g/mol. The van der Waals surface area contributed by atoms with Gasteiger partial charge in [-0.05, 0) is 70.5 Å². The second-order valence-corrected chi connectivity index (χ2v) is 8.55. The number of hydrogen-bond donors (Lipinski definition) is 1. The molecule has 166 valence electrons. The Morgan fingerprint density at radius 2 is 1.81 bits per heavy atom. The summed E-state index contributed by atoms with van der Waals surface area (Å²) in [6.07, 6.45) is -1.00. The third kappa shape index (κ3) is 4.12. The zero-order valence-corrected chi connectivity index (χ0v) is 19.1. The minimum Gasteiger partial charge on any atom is -0.447 e. The fourth-order valence-electron chi connectivity index (χ4n) is 3.46. The molecular formula is C23H23ClN4O4. The number of rotatable bonds is 4. The lowest BCUT2D eigenvalue weighted by molar-refractivity contribution is -0.120. The molecule has 0 radical (unpaired) electrons. The van der Waals surface area contributed by atoms with Gasteiger partial charge >= 0.3 is 12.1 Å². The van der Waals surface area contributed by atoms with Crippen molar-refractivity contribution >= 4 is 52.4 Å². The summed E-state index contributed by atoms with van der Waals surface area (Å²) >= 11 is 6.21. The molecule has 0 atom stereocenters. The van der Waals surface area contributed by atoms with Crippen molar-refractivity contribution < 1.29 is 19.1 Å². The molecule has 1 fully saturated rings. The number of anilines is 3. The summed E-state index contributed by atoms with van der Waals surface area (Å²) in [4.78, 5) is 44.5. The first-order valence-corrected chi connectivity index (χ1v) is 10.3. The van der Waals surface area contributed by atoms with E-state index in [1.54, 1.807) is 58.9 Å². The first kappa shape index (κ1) is 23.1. The Morgan fingerprint density at radius 1 is 1.16 bits per heavy atom. The number of nitrogens with zero attached hydrogens (tertiary/aromatic N) is 3. The minimum absolute atomic E-state index is 0.251. The largest absolute Gasteiger partial charge is 0.447 e. The predicted octanol–water partition coefficient (Wildman–Crippen LogP) is 5.91. The van der Waals surface area contributed by atoms with Crippen LogP contribution >= 0.6 is 11.6 Å². The van der Waals surface area contributed by atoms with Gasteiger partial charge < -0.3 is 4.74 Å². The van der Waals surface area contributed by atoms with Crippen LogP contribution in [-0.2, 0) is 9.53 Å². The third-order valence-corrected chi connectivity index (χ3v) is 5.34. The van der Waals surface area contributed by atoms with Crippen molar-refractivity contribution in [2.75, 3.05) is 15.1 Å². The summed E-state index contributed by atoms with van der Waals surface area (Å²) in [5.74, 6) is -0.416. The molecule has 4 amide bonds.